The van der Waals surface area contributed by atoms with Gasteiger partial charge < -0.3 is 19.5 Å². The standard InChI is InChI=1S/C17H20N2O4/c1-21-14-4-5-15(22-2)13(9-14)10-16(20)19-11-12-6-7-18-17(8-12)23-3/h4-9H,10-11H2,1-3H3,(H,19,20). The number of amides is 1. The number of methoxy groups -OCH3 is 3. The van der Waals surface area contributed by atoms with Crippen LogP contribution in [0.3, 0.4) is 0 Å². The fourth-order valence-corrected chi connectivity index (χ4v) is 2.13. The van der Waals surface area contributed by atoms with Gasteiger partial charge in [-0.1, -0.05) is 0 Å². The van der Waals surface area contributed by atoms with Gasteiger partial charge in [0.1, 0.15) is 11.5 Å². The number of rotatable bonds is 7. The number of ether oxygens (including phenoxy) is 3. The molecule has 0 fully saturated rings. The highest BCUT2D eigenvalue weighted by atomic mass is 16.5. The molecule has 23 heavy (non-hydrogen) atoms. The number of carbonyl (C=O) groups is 1. The molecule has 0 radical (unpaired) electrons. The zero-order chi connectivity index (χ0) is 16.7. The molecule has 0 atom stereocenters. The van der Waals surface area contributed by atoms with Crippen LogP contribution in [0.25, 0.3) is 0 Å². The lowest BCUT2D eigenvalue weighted by Gasteiger charge is -2.11. The lowest BCUT2D eigenvalue weighted by molar-refractivity contribution is -0.120. The van der Waals surface area contributed by atoms with E-state index < -0.39 is 0 Å². The van der Waals surface area contributed by atoms with Crippen LogP contribution in [0, 0.1) is 0 Å². The highest BCUT2D eigenvalue weighted by molar-refractivity contribution is 5.79. The molecule has 0 unspecified atom stereocenters. The normalized spacial score (nSPS) is 10.0. The van der Waals surface area contributed by atoms with Crippen LogP contribution in [0.1, 0.15) is 11.1 Å². The van der Waals surface area contributed by atoms with E-state index in [2.05, 4.69) is 10.3 Å². The fraction of sp³-hybridized carbons (Fsp3) is 0.294. The molecule has 0 aliphatic carbocycles. The van der Waals surface area contributed by atoms with Crippen molar-refractivity contribution >= 4 is 5.91 Å². The van der Waals surface area contributed by atoms with E-state index in [-0.39, 0.29) is 12.3 Å². The third-order valence-electron chi connectivity index (χ3n) is 3.34. The second-order valence-corrected chi connectivity index (χ2v) is 4.84. The lowest BCUT2D eigenvalue weighted by atomic mass is 10.1. The van der Waals surface area contributed by atoms with Crippen LogP contribution in [-0.4, -0.2) is 32.2 Å². The molecule has 2 aromatic rings. The summed E-state index contributed by atoms with van der Waals surface area (Å²) in [6, 6.07) is 8.99. The van der Waals surface area contributed by atoms with E-state index in [0.717, 1.165) is 11.1 Å². The van der Waals surface area contributed by atoms with Gasteiger partial charge >= 0.3 is 0 Å². The highest BCUT2D eigenvalue weighted by Crippen LogP contribution is 2.24. The Hall–Kier alpha value is -2.76. The van der Waals surface area contributed by atoms with Crippen molar-refractivity contribution in [3.05, 3.63) is 47.7 Å². The van der Waals surface area contributed by atoms with E-state index in [4.69, 9.17) is 14.2 Å². The van der Waals surface area contributed by atoms with Crippen molar-refractivity contribution in [2.45, 2.75) is 13.0 Å². The SMILES string of the molecule is COc1ccc(OC)c(CC(=O)NCc2ccnc(OC)c2)c1. The Kier molecular flexibility index (Phi) is 5.80. The van der Waals surface area contributed by atoms with Crippen LogP contribution in [0.5, 0.6) is 17.4 Å². The summed E-state index contributed by atoms with van der Waals surface area (Å²) in [6.07, 6.45) is 1.86. The van der Waals surface area contributed by atoms with Gasteiger partial charge in [-0.25, -0.2) is 4.98 Å². The Balaban J connectivity index is 1.99. The molecule has 6 heteroatoms. The Bertz CT molecular complexity index is 673. The van der Waals surface area contributed by atoms with E-state index in [9.17, 15) is 4.79 Å². The molecule has 1 N–H and O–H groups in total. The van der Waals surface area contributed by atoms with E-state index in [1.54, 1.807) is 51.8 Å². The number of aromatic nitrogens is 1. The summed E-state index contributed by atoms with van der Waals surface area (Å²) in [7, 11) is 4.72. The minimum Gasteiger partial charge on any atom is -0.497 e. The molecule has 0 saturated heterocycles. The maximum absolute atomic E-state index is 12.2. The highest BCUT2D eigenvalue weighted by Gasteiger charge is 2.10. The fourth-order valence-electron chi connectivity index (χ4n) is 2.13. The van der Waals surface area contributed by atoms with Crippen molar-refractivity contribution in [1.29, 1.82) is 0 Å². The van der Waals surface area contributed by atoms with E-state index >= 15 is 0 Å². The molecule has 0 aliphatic rings. The van der Waals surface area contributed by atoms with Crippen molar-refractivity contribution in [3.8, 4) is 17.4 Å². The topological polar surface area (TPSA) is 69.7 Å². The molecule has 0 spiro atoms. The molecular formula is C17H20N2O4. The molecule has 0 aliphatic heterocycles. The number of hydrogen-bond acceptors (Lipinski definition) is 5. The van der Waals surface area contributed by atoms with Gasteiger partial charge in [0.15, 0.2) is 0 Å². The molecule has 0 saturated carbocycles. The molecule has 1 amide bonds. The summed E-state index contributed by atoms with van der Waals surface area (Å²) in [5.41, 5.74) is 1.69. The van der Waals surface area contributed by atoms with Crippen LogP contribution < -0.4 is 19.5 Å². The maximum atomic E-state index is 12.2. The molecule has 6 nitrogen and oxygen atoms in total. The molecule has 2 rings (SSSR count). The van der Waals surface area contributed by atoms with Crippen LogP contribution in [0.2, 0.25) is 0 Å². The van der Waals surface area contributed by atoms with Crippen LogP contribution >= 0.6 is 0 Å². The predicted octanol–water partition coefficient (Wildman–Crippen LogP) is 1.97. The summed E-state index contributed by atoms with van der Waals surface area (Å²) < 4.78 is 15.5. The van der Waals surface area contributed by atoms with Gasteiger partial charge in [0.05, 0.1) is 27.8 Å². The van der Waals surface area contributed by atoms with Crippen molar-refractivity contribution < 1.29 is 19.0 Å². The zero-order valence-corrected chi connectivity index (χ0v) is 13.5. The summed E-state index contributed by atoms with van der Waals surface area (Å²) in [6.45, 7) is 0.407. The van der Waals surface area contributed by atoms with Gasteiger partial charge in [-0.3, -0.25) is 4.79 Å². The smallest absolute Gasteiger partial charge is 0.224 e. The van der Waals surface area contributed by atoms with Crippen LogP contribution in [-0.2, 0) is 17.8 Å². The molecule has 1 aromatic carbocycles. The number of benzene rings is 1. The first kappa shape index (κ1) is 16.6. The van der Waals surface area contributed by atoms with Gasteiger partial charge in [0.25, 0.3) is 0 Å². The van der Waals surface area contributed by atoms with Crippen molar-refractivity contribution in [3.63, 3.8) is 0 Å². The second-order valence-electron chi connectivity index (χ2n) is 4.84. The Labute approximate surface area is 135 Å². The average molecular weight is 316 g/mol. The lowest BCUT2D eigenvalue weighted by Crippen LogP contribution is -2.24. The monoisotopic (exact) mass is 316 g/mol. The van der Waals surface area contributed by atoms with Gasteiger partial charge in [-0.2, -0.15) is 0 Å². The molecule has 1 aromatic heterocycles. The van der Waals surface area contributed by atoms with E-state index in [1.807, 2.05) is 6.07 Å². The molecule has 0 bridgehead atoms. The third-order valence-corrected chi connectivity index (χ3v) is 3.34. The minimum absolute atomic E-state index is 0.104. The van der Waals surface area contributed by atoms with E-state index in [0.29, 0.717) is 23.9 Å². The first-order valence-electron chi connectivity index (χ1n) is 7.12. The molecule has 1 heterocycles. The summed E-state index contributed by atoms with van der Waals surface area (Å²) in [4.78, 5) is 16.2. The van der Waals surface area contributed by atoms with Crippen molar-refractivity contribution in [2.24, 2.45) is 0 Å². The number of pyridine rings is 1. The Morgan fingerprint density at radius 2 is 1.91 bits per heavy atom. The number of hydrogen-bond donors (Lipinski definition) is 1. The first-order valence-corrected chi connectivity index (χ1v) is 7.12. The van der Waals surface area contributed by atoms with E-state index in [1.165, 1.54) is 0 Å². The summed E-state index contributed by atoms with van der Waals surface area (Å²) in [5, 5.41) is 2.87. The van der Waals surface area contributed by atoms with Gasteiger partial charge in [-0.15, -0.1) is 0 Å². The minimum atomic E-state index is -0.104. The Morgan fingerprint density at radius 1 is 1.09 bits per heavy atom. The first-order chi connectivity index (χ1) is 11.2. The molecular weight excluding hydrogens is 296 g/mol. The summed E-state index contributed by atoms with van der Waals surface area (Å²) >= 11 is 0. The van der Waals surface area contributed by atoms with Crippen molar-refractivity contribution in [1.82, 2.24) is 10.3 Å². The number of nitrogens with one attached hydrogen (secondary N) is 1. The molecule has 122 valence electrons. The number of carbonyl (C=O) groups excluding carboxylic acids is 1. The van der Waals surface area contributed by atoms with Gasteiger partial charge in [-0.05, 0) is 29.8 Å². The van der Waals surface area contributed by atoms with Crippen LogP contribution in [0.4, 0.5) is 0 Å². The van der Waals surface area contributed by atoms with Crippen LogP contribution in [0.15, 0.2) is 36.5 Å². The largest absolute Gasteiger partial charge is 0.497 e. The zero-order valence-electron chi connectivity index (χ0n) is 13.5. The van der Waals surface area contributed by atoms with Gasteiger partial charge in [0.2, 0.25) is 11.8 Å². The maximum Gasteiger partial charge on any atom is 0.224 e. The predicted molar refractivity (Wildman–Crippen MR) is 85.9 cm³/mol. The second kappa shape index (κ2) is 8.03. The quantitative estimate of drug-likeness (QED) is 0.845. The van der Waals surface area contributed by atoms with Crippen molar-refractivity contribution in [2.75, 3.05) is 21.3 Å². The number of nitrogens with zero attached hydrogens (tertiary/aromatic N) is 1. The third kappa shape index (κ3) is 4.60. The Morgan fingerprint density at radius 3 is 2.61 bits per heavy atom. The summed E-state index contributed by atoms with van der Waals surface area (Å²) in [5.74, 6) is 1.76. The average Bonchev–Trinajstić information content (AvgIpc) is 2.60. The van der Waals surface area contributed by atoms with Gasteiger partial charge in [0, 0.05) is 24.4 Å².